The van der Waals surface area contributed by atoms with Crippen LogP contribution >= 0.6 is 11.3 Å². The fourth-order valence-electron chi connectivity index (χ4n) is 5.19. The van der Waals surface area contributed by atoms with Crippen molar-refractivity contribution >= 4 is 49.9 Å². The molecule has 0 spiro atoms. The molecule has 180 valence electrons. The monoisotopic (exact) mass is 485 g/mol. The van der Waals surface area contributed by atoms with Gasteiger partial charge in [0.2, 0.25) is 0 Å². The highest BCUT2D eigenvalue weighted by molar-refractivity contribution is 7.20. The molecule has 1 fully saturated rings. The number of thiophene rings is 1. The van der Waals surface area contributed by atoms with Gasteiger partial charge in [-0.25, -0.2) is 9.97 Å². The maximum absolute atomic E-state index is 5.55. The Hall–Kier alpha value is -3.00. The van der Waals surface area contributed by atoms with Gasteiger partial charge in [0.15, 0.2) is 0 Å². The second kappa shape index (κ2) is 9.22. The van der Waals surface area contributed by atoms with Crippen LogP contribution in [0.5, 0.6) is 0 Å². The van der Waals surface area contributed by atoms with Crippen LogP contribution in [0.15, 0.2) is 43.0 Å². The Morgan fingerprint density at radius 1 is 1.14 bits per heavy atom. The van der Waals surface area contributed by atoms with Gasteiger partial charge in [-0.05, 0) is 62.2 Å². The number of anilines is 2. The first kappa shape index (κ1) is 22.5. The molecular formula is C28H31N5OS. The Balaban J connectivity index is 1.40. The minimum atomic E-state index is 0.341. The Morgan fingerprint density at radius 2 is 2.00 bits per heavy atom. The zero-order chi connectivity index (χ0) is 23.9. The fourth-order valence-corrected chi connectivity index (χ4v) is 6.34. The zero-order valence-corrected chi connectivity index (χ0v) is 21.1. The lowest BCUT2D eigenvalue weighted by atomic mass is 10.0. The van der Waals surface area contributed by atoms with Crippen LogP contribution in [-0.2, 0) is 11.3 Å². The molecule has 0 saturated carbocycles. The predicted molar refractivity (Wildman–Crippen MR) is 147 cm³/mol. The second-order valence-corrected chi connectivity index (χ2v) is 10.7. The molecule has 35 heavy (non-hydrogen) atoms. The lowest BCUT2D eigenvalue weighted by Gasteiger charge is -2.32. The topological polar surface area (TPSA) is 62.3 Å². The van der Waals surface area contributed by atoms with E-state index in [0.717, 1.165) is 67.3 Å². The number of aromatic nitrogens is 2. The fraction of sp³-hybridized carbons (Fsp3) is 0.357. The summed E-state index contributed by atoms with van der Waals surface area (Å²) in [5.74, 6) is 0.985. The van der Waals surface area contributed by atoms with Gasteiger partial charge >= 0.3 is 0 Å². The lowest BCUT2D eigenvalue weighted by molar-refractivity contribution is 0.0818. The van der Waals surface area contributed by atoms with E-state index in [0.29, 0.717) is 12.1 Å². The van der Waals surface area contributed by atoms with Gasteiger partial charge in [-0.1, -0.05) is 6.58 Å². The number of hydrogen-bond acceptors (Lipinski definition) is 7. The molecule has 5 heterocycles. The standard InChI is InChI=1S/C28H31N5OS/c1-4-19-13-18(14-26(31-19)33-11-9-20(34-3)10-12-33)22-6-5-21-23(32-22)7-8-24-27(21)28-25(35-24)16-29-17(2)15-30-28/h4-8,13-14,17,20,29-30H,1,9-12,15-16H2,2-3H3/t17-/m1/s1. The number of hydrogen-bond donors (Lipinski definition) is 2. The van der Waals surface area contributed by atoms with Crippen LogP contribution in [0.25, 0.3) is 38.3 Å². The quantitative estimate of drug-likeness (QED) is 0.388. The van der Waals surface area contributed by atoms with E-state index in [9.17, 15) is 0 Å². The molecule has 1 aromatic carbocycles. The van der Waals surface area contributed by atoms with E-state index in [4.69, 9.17) is 14.7 Å². The van der Waals surface area contributed by atoms with E-state index >= 15 is 0 Å². The number of fused-ring (bicyclic) bond motifs is 5. The number of methoxy groups -OCH3 is 1. The molecule has 0 bridgehead atoms. The Labute approximate surface area is 210 Å². The molecule has 6 nitrogen and oxygen atoms in total. The summed E-state index contributed by atoms with van der Waals surface area (Å²) in [5.41, 5.74) is 5.18. The zero-order valence-electron chi connectivity index (χ0n) is 20.3. The lowest BCUT2D eigenvalue weighted by Crippen LogP contribution is -2.37. The van der Waals surface area contributed by atoms with Crippen LogP contribution in [0.2, 0.25) is 0 Å². The van der Waals surface area contributed by atoms with Crippen molar-refractivity contribution in [1.29, 1.82) is 0 Å². The predicted octanol–water partition coefficient (Wildman–Crippen LogP) is 5.67. The van der Waals surface area contributed by atoms with Crippen LogP contribution in [0.1, 0.15) is 30.3 Å². The minimum Gasteiger partial charge on any atom is -0.382 e. The summed E-state index contributed by atoms with van der Waals surface area (Å²) in [6, 6.07) is 13.4. The van der Waals surface area contributed by atoms with E-state index in [2.05, 4.69) is 65.4 Å². The molecule has 0 aliphatic carbocycles. The molecule has 3 aromatic heterocycles. The van der Waals surface area contributed by atoms with E-state index in [-0.39, 0.29) is 0 Å². The van der Waals surface area contributed by atoms with Gasteiger partial charge in [0, 0.05) is 65.2 Å². The van der Waals surface area contributed by atoms with Gasteiger partial charge in [-0.2, -0.15) is 0 Å². The van der Waals surface area contributed by atoms with Crippen molar-refractivity contribution in [1.82, 2.24) is 15.3 Å². The van der Waals surface area contributed by atoms with Crippen LogP contribution < -0.4 is 15.5 Å². The number of benzene rings is 1. The summed E-state index contributed by atoms with van der Waals surface area (Å²) in [7, 11) is 1.80. The molecule has 2 aliphatic rings. The largest absolute Gasteiger partial charge is 0.382 e. The van der Waals surface area contributed by atoms with Crippen molar-refractivity contribution < 1.29 is 4.74 Å². The minimum absolute atomic E-state index is 0.341. The first-order chi connectivity index (χ1) is 17.1. The molecule has 6 rings (SSSR count). The molecule has 1 atom stereocenters. The third-order valence-corrected chi connectivity index (χ3v) is 8.38. The molecule has 1 saturated heterocycles. The third-order valence-electron chi connectivity index (χ3n) is 7.23. The number of ether oxygens (including phenoxy) is 1. The van der Waals surface area contributed by atoms with Gasteiger partial charge in [0.1, 0.15) is 5.82 Å². The normalized spacial score (nSPS) is 18.9. The molecule has 2 N–H and O–H groups in total. The third kappa shape index (κ3) is 4.18. The van der Waals surface area contributed by atoms with Gasteiger partial charge in [-0.15, -0.1) is 11.3 Å². The van der Waals surface area contributed by atoms with Crippen molar-refractivity contribution in [3.8, 4) is 11.3 Å². The summed E-state index contributed by atoms with van der Waals surface area (Å²) in [6.45, 7) is 9.91. The molecule has 2 aliphatic heterocycles. The molecular weight excluding hydrogens is 454 g/mol. The molecule has 7 heteroatoms. The van der Waals surface area contributed by atoms with Crippen LogP contribution in [0, 0.1) is 0 Å². The van der Waals surface area contributed by atoms with E-state index in [1.54, 1.807) is 7.11 Å². The summed E-state index contributed by atoms with van der Waals surface area (Å²) < 4.78 is 6.85. The van der Waals surface area contributed by atoms with Crippen molar-refractivity contribution in [2.75, 3.05) is 37.0 Å². The average Bonchev–Trinajstić information content (AvgIpc) is 3.17. The SMILES string of the molecule is C=Cc1cc(-c2ccc3c(ccc4sc5c(c43)NC[C@@H](C)NC5)n2)cc(N2CCC(OC)CC2)n1. The first-order valence-electron chi connectivity index (χ1n) is 12.4. The Bertz CT molecular complexity index is 1410. The van der Waals surface area contributed by atoms with E-state index in [1.165, 1.54) is 26.0 Å². The van der Waals surface area contributed by atoms with Gasteiger partial charge in [-0.3, -0.25) is 0 Å². The van der Waals surface area contributed by atoms with Crippen molar-refractivity contribution in [3.05, 3.63) is 53.5 Å². The highest BCUT2D eigenvalue weighted by atomic mass is 32.1. The molecule has 0 amide bonds. The number of nitrogens with zero attached hydrogens (tertiary/aromatic N) is 3. The number of piperidine rings is 1. The maximum Gasteiger partial charge on any atom is 0.129 e. The summed E-state index contributed by atoms with van der Waals surface area (Å²) in [6.07, 6.45) is 4.20. The van der Waals surface area contributed by atoms with Crippen molar-refractivity contribution in [2.45, 2.75) is 38.5 Å². The van der Waals surface area contributed by atoms with Crippen LogP contribution in [-0.4, -0.2) is 48.9 Å². The summed E-state index contributed by atoms with van der Waals surface area (Å²) in [4.78, 5) is 13.7. The Kier molecular flexibility index (Phi) is 5.92. The maximum atomic E-state index is 5.55. The van der Waals surface area contributed by atoms with E-state index < -0.39 is 0 Å². The smallest absolute Gasteiger partial charge is 0.129 e. The number of pyridine rings is 2. The Morgan fingerprint density at radius 3 is 2.80 bits per heavy atom. The average molecular weight is 486 g/mol. The summed E-state index contributed by atoms with van der Waals surface area (Å²) in [5, 5.41) is 9.78. The number of nitrogens with one attached hydrogen (secondary N) is 2. The number of rotatable bonds is 4. The van der Waals surface area contributed by atoms with Crippen molar-refractivity contribution in [2.24, 2.45) is 0 Å². The first-order valence-corrected chi connectivity index (χ1v) is 13.2. The van der Waals surface area contributed by atoms with Gasteiger partial charge in [0.05, 0.1) is 28.7 Å². The van der Waals surface area contributed by atoms with Crippen molar-refractivity contribution in [3.63, 3.8) is 0 Å². The van der Waals surface area contributed by atoms with Gasteiger partial charge in [0.25, 0.3) is 0 Å². The van der Waals surface area contributed by atoms with Crippen LogP contribution in [0.3, 0.4) is 0 Å². The van der Waals surface area contributed by atoms with Gasteiger partial charge < -0.3 is 20.3 Å². The highest BCUT2D eigenvalue weighted by Gasteiger charge is 2.22. The summed E-state index contributed by atoms with van der Waals surface area (Å²) >= 11 is 1.87. The van der Waals surface area contributed by atoms with Crippen LogP contribution in [0.4, 0.5) is 11.5 Å². The highest BCUT2D eigenvalue weighted by Crippen LogP contribution is 2.41. The second-order valence-electron chi connectivity index (χ2n) is 9.53. The van der Waals surface area contributed by atoms with E-state index in [1.807, 2.05) is 17.4 Å². The molecule has 4 aromatic rings. The molecule has 0 radical (unpaired) electrons. The molecule has 0 unspecified atom stereocenters.